The van der Waals surface area contributed by atoms with E-state index in [1.165, 1.54) is 6.42 Å². The number of rotatable bonds is 5. The molecule has 0 aromatic rings. The summed E-state index contributed by atoms with van der Waals surface area (Å²) in [5, 5.41) is 0. The summed E-state index contributed by atoms with van der Waals surface area (Å²) in [6.45, 7) is 6.89. The Morgan fingerprint density at radius 3 is 2.67 bits per heavy atom. The van der Waals surface area contributed by atoms with Crippen molar-refractivity contribution >= 4 is 5.78 Å². The number of ketones is 1. The summed E-state index contributed by atoms with van der Waals surface area (Å²) in [6.07, 6.45) is 2.16. The maximum absolute atomic E-state index is 11.8. The van der Waals surface area contributed by atoms with Gasteiger partial charge in [-0.15, -0.1) is 0 Å². The van der Waals surface area contributed by atoms with E-state index in [1.807, 2.05) is 6.92 Å². The molecule has 0 aromatic carbocycles. The number of hydrogen-bond donors (Lipinski definition) is 0. The van der Waals surface area contributed by atoms with Crippen LogP contribution in [0.3, 0.4) is 0 Å². The summed E-state index contributed by atoms with van der Waals surface area (Å²) in [5.74, 6) is 0.625. The molecule has 3 nitrogen and oxygen atoms in total. The molecule has 0 spiro atoms. The number of carbonyl (C=O) groups is 1. The van der Waals surface area contributed by atoms with Gasteiger partial charge in [0.25, 0.3) is 0 Å². The first kappa shape index (κ1) is 12.7. The first-order valence-corrected chi connectivity index (χ1v) is 5.96. The van der Waals surface area contributed by atoms with Gasteiger partial charge in [-0.2, -0.15) is 0 Å². The number of likely N-dealkylation sites (N-methyl/N-ethyl adjacent to an activating group) is 1. The lowest BCUT2D eigenvalue weighted by molar-refractivity contribution is -0.123. The SMILES string of the molecule is CCC(C)C(=O)CN1CCC(N(C)C)C1. The maximum atomic E-state index is 11.8. The molecule has 1 rings (SSSR count). The van der Waals surface area contributed by atoms with Gasteiger partial charge in [0.2, 0.25) is 0 Å². The standard InChI is InChI=1S/C12H24N2O/c1-5-10(2)12(15)9-14-7-6-11(8-14)13(3)4/h10-11H,5-9H2,1-4H3. The third kappa shape index (κ3) is 3.58. The Balaban J connectivity index is 2.33. The van der Waals surface area contributed by atoms with E-state index in [9.17, 15) is 4.79 Å². The van der Waals surface area contributed by atoms with Crippen LogP contribution < -0.4 is 0 Å². The summed E-state index contributed by atoms with van der Waals surface area (Å²) in [5.41, 5.74) is 0. The van der Waals surface area contributed by atoms with Gasteiger partial charge < -0.3 is 4.90 Å². The van der Waals surface area contributed by atoms with Crippen molar-refractivity contribution in [3.05, 3.63) is 0 Å². The lowest BCUT2D eigenvalue weighted by atomic mass is 10.0. The molecule has 0 radical (unpaired) electrons. The van der Waals surface area contributed by atoms with Gasteiger partial charge in [0.15, 0.2) is 0 Å². The fourth-order valence-corrected chi connectivity index (χ4v) is 1.98. The van der Waals surface area contributed by atoms with Crippen molar-refractivity contribution in [2.75, 3.05) is 33.7 Å². The van der Waals surface area contributed by atoms with Crippen molar-refractivity contribution in [3.63, 3.8) is 0 Å². The second-order valence-electron chi connectivity index (χ2n) is 4.92. The molecular weight excluding hydrogens is 188 g/mol. The molecule has 0 aromatic heterocycles. The Labute approximate surface area is 93.4 Å². The summed E-state index contributed by atoms with van der Waals surface area (Å²) >= 11 is 0. The quantitative estimate of drug-likeness (QED) is 0.685. The average Bonchev–Trinajstić information content (AvgIpc) is 2.65. The van der Waals surface area contributed by atoms with Gasteiger partial charge in [-0.1, -0.05) is 13.8 Å². The smallest absolute Gasteiger partial charge is 0.149 e. The molecule has 88 valence electrons. The first-order valence-electron chi connectivity index (χ1n) is 5.96. The third-order valence-electron chi connectivity index (χ3n) is 3.52. The molecule has 1 aliphatic heterocycles. The fourth-order valence-electron chi connectivity index (χ4n) is 1.98. The van der Waals surface area contributed by atoms with Gasteiger partial charge >= 0.3 is 0 Å². The van der Waals surface area contributed by atoms with E-state index >= 15 is 0 Å². The topological polar surface area (TPSA) is 23.6 Å². The molecule has 0 aliphatic carbocycles. The predicted molar refractivity (Wildman–Crippen MR) is 63.0 cm³/mol. The number of nitrogens with zero attached hydrogens (tertiary/aromatic N) is 2. The first-order chi connectivity index (χ1) is 7.04. The van der Waals surface area contributed by atoms with Crippen molar-refractivity contribution in [1.29, 1.82) is 0 Å². The molecule has 0 saturated carbocycles. The van der Waals surface area contributed by atoms with Crippen LogP contribution in [0.4, 0.5) is 0 Å². The largest absolute Gasteiger partial charge is 0.305 e. The van der Waals surface area contributed by atoms with Crippen molar-refractivity contribution in [2.45, 2.75) is 32.7 Å². The van der Waals surface area contributed by atoms with Crippen molar-refractivity contribution in [1.82, 2.24) is 9.80 Å². The van der Waals surface area contributed by atoms with Gasteiger partial charge in [0.1, 0.15) is 5.78 Å². The number of hydrogen-bond acceptors (Lipinski definition) is 3. The lowest BCUT2D eigenvalue weighted by Gasteiger charge is -2.20. The van der Waals surface area contributed by atoms with Crippen LogP contribution in [-0.2, 0) is 4.79 Å². The molecular formula is C12H24N2O. The summed E-state index contributed by atoms with van der Waals surface area (Å²) in [6, 6.07) is 0.634. The van der Waals surface area contributed by atoms with Crippen LogP contribution in [0.1, 0.15) is 26.7 Å². The zero-order chi connectivity index (χ0) is 11.4. The van der Waals surface area contributed by atoms with E-state index in [-0.39, 0.29) is 5.92 Å². The number of Topliss-reactive ketones (excluding diaryl/α,β-unsaturated/α-hetero) is 1. The highest BCUT2D eigenvalue weighted by Gasteiger charge is 2.26. The summed E-state index contributed by atoms with van der Waals surface area (Å²) < 4.78 is 0. The molecule has 0 amide bonds. The second kappa shape index (κ2) is 5.61. The van der Waals surface area contributed by atoms with Gasteiger partial charge in [-0.3, -0.25) is 9.69 Å². The molecule has 2 unspecified atom stereocenters. The fraction of sp³-hybridized carbons (Fsp3) is 0.917. The van der Waals surface area contributed by atoms with Crippen LogP contribution in [0.25, 0.3) is 0 Å². The van der Waals surface area contributed by atoms with Crippen molar-refractivity contribution in [2.24, 2.45) is 5.92 Å². The van der Waals surface area contributed by atoms with Crippen LogP contribution >= 0.6 is 0 Å². The third-order valence-corrected chi connectivity index (χ3v) is 3.52. The Morgan fingerprint density at radius 1 is 1.53 bits per heavy atom. The molecule has 3 heteroatoms. The van der Waals surface area contributed by atoms with E-state index in [4.69, 9.17) is 0 Å². The van der Waals surface area contributed by atoms with E-state index < -0.39 is 0 Å². The second-order valence-corrected chi connectivity index (χ2v) is 4.92. The van der Waals surface area contributed by atoms with Gasteiger partial charge in [-0.05, 0) is 26.9 Å². The Morgan fingerprint density at radius 2 is 2.20 bits per heavy atom. The van der Waals surface area contributed by atoms with Crippen LogP contribution in [-0.4, -0.2) is 55.4 Å². The van der Waals surface area contributed by atoms with Crippen LogP contribution in [0, 0.1) is 5.92 Å². The molecule has 1 fully saturated rings. The molecule has 15 heavy (non-hydrogen) atoms. The minimum atomic E-state index is 0.225. The zero-order valence-corrected chi connectivity index (χ0v) is 10.5. The van der Waals surface area contributed by atoms with Crippen LogP contribution in [0.2, 0.25) is 0 Å². The Hall–Kier alpha value is -0.410. The Bertz CT molecular complexity index is 216. The molecule has 1 heterocycles. The number of likely N-dealkylation sites (tertiary alicyclic amines) is 1. The zero-order valence-electron chi connectivity index (χ0n) is 10.5. The van der Waals surface area contributed by atoms with E-state index in [0.717, 1.165) is 19.5 Å². The summed E-state index contributed by atoms with van der Waals surface area (Å²) in [4.78, 5) is 16.3. The molecule has 0 N–H and O–H groups in total. The Kier molecular flexibility index (Phi) is 4.74. The lowest BCUT2D eigenvalue weighted by Crippen LogP contribution is -2.35. The monoisotopic (exact) mass is 212 g/mol. The molecule has 0 bridgehead atoms. The summed E-state index contributed by atoms with van der Waals surface area (Å²) in [7, 11) is 4.23. The predicted octanol–water partition coefficient (Wildman–Crippen LogP) is 1.24. The highest BCUT2D eigenvalue weighted by Crippen LogP contribution is 2.14. The maximum Gasteiger partial charge on any atom is 0.149 e. The minimum Gasteiger partial charge on any atom is -0.305 e. The molecule has 1 aliphatic rings. The van der Waals surface area contributed by atoms with Crippen molar-refractivity contribution in [3.8, 4) is 0 Å². The number of carbonyl (C=O) groups excluding carboxylic acids is 1. The molecule has 2 atom stereocenters. The van der Waals surface area contributed by atoms with Crippen LogP contribution in [0.5, 0.6) is 0 Å². The van der Waals surface area contributed by atoms with Crippen LogP contribution in [0.15, 0.2) is 0 Å². The van der Waals surface area contributed by atoms with Gasteiger partial charge in [0.05, 0.1) is 6.54 Å². The highest BCUT2D eigenvalue weighted by molar-refractivity contribution is 5.82. The molecule has 1 saturated heterocycles. The van der Waals surface area contributed by atoms with E-state index in [0.29, 0.717) is 18.4 Å². The van der Waals surface area contributed by atoms with Gasteiger partial charge in [0, 0.05) is 25.0 Å². The van der Waals surface area contributed by atoms with Gasteiger partial charge in [-0.25, -0.2) is 0 Å². The van der Waals surface area contributed by atoms with E-state index in [1.54, 1.807) is 0 Å². The van der Waals surface area contributed by atoms with E-state index in [2.05, 4.69) is 30.8 Å². The minimum absolute atomic E-state index is 0.225. The normalized spacial score (nSPS) is 24.7. The average molecular weight is 212 g/mol. The van der Waals surface area contributed by atoms with Crippen molar-refractivity contribution < 1.29 is 4.79 Å². The highest BCUT2D eigenvalue weighted by atomic mass is 16.1.